The summed E-state index contributed by atoms with van der Waals surface area (Å²) in [5.41, 5.74) is 0. The summed E-state index contributed by atoms with van der Waals surface area (Å²) in [4.78, 5) is 0. The van der Waals surface area contributed by atoms with E-state index < -0.39 is 8.41 Å². The molecule has 0 heterocycles. The fourth-order valence-electron chi connectivity index (χ4n) is 0. The van der Waals surface area contributed by atoms with Gasteiger partial charge in [-0.2, -0.15) is 0 Å². The maximum absolute atomic E-state index is 4.44. The predicted molar refractivity (Wildman–Crippen MR) is 35.4 cm³/mol. The Morgan fingerprint density at radius 1 is 0.875 bits per heavy atom. The van der Waals surface area contributed by atoms with E-state index in [2.05, 4.69) is 43.1 Å². The second-order valence-corrected chi connectivity index (χ2v) is 20.9. The predicted octanol–water partition coefficient (Wildman–Crippen LogP) is 0.253. The largest absolute Gasteiger partial charge is 1.00 e. The van der Waals surface area contributed by atoms with Crippen LogP contribution in [0.3, 0.4) is 0 Å². The average Bonchev–Trinajstić information content (AvgIpc) is 0.722. The molecule has 0 N–H and O–H groups in total. The summed E-state index contributed by atoms with van der Waals surface area (Å²) < 4.78 is 0. The molecule has 62 valence electrons. The monoisotopic (exact) mass is 392 g/mol. The third kappa shape index (κ3) is 57.6. The molecule has 0 atom stereocenters. The Morgan fingerprint density at radius 3 is 0.875 bits per heavy atom. The minimum absolute atomic E-state index is 0. The minimum atomic E-state index is -2.54. The standard InChI is InChI=1S/AsH3S4.3Cu/c2-1(3,4)5;;;/h(H3,2,3,4,5);;;/q;3*+1/p-3. The van der Waals surface area contributed by atoms with Gasteiger partial charge in [-0.15, -0.1) is 0 Å². The van der Waals surface area contributed by atoms with Gasteiger partial charge in [-0.25, -0.2) is 0 Å². The molecule has 0 spiro atoms. The van der Waals surface area contributed by atoms with Crippen LogP contribution in [0.1, 0.15) is 0 Å². The van der Waals surface area contributed by atoms with Gasteiger partial charge in [0.2, 0.25) is 0 Å². The Balaban J connectivity index is -0.0000000267. The zero-order chi connectivity index (χ0) is 4.50. The molecular weight excluding hydrogens is 394 g/mol. The van der Waals surface area contributed by atoms with Crippen molar-refractivity contribution < 1.29 is 51.2 Å². The van der Waals surface area contributed by atoms with Gasteiger partial charge >= 0.3 is 103 Å². The van der Waals surface area contributed by atoms with E-state index in [4.69, 9.17) is 0 Å². The van der Waals surface area contributed by atoms with Crippen molar-refractivity contribution >= 4 is 51.5 Å². The molecule has 0 aromatic rings. The third-order valence-corrected chi connectivity index (χ3v) is 0. The first kappa shape index (κ1) is 22.5. The van der Waals surface area contributed by atoms with Crippen LogP contribution in [-0.2, 0) is 83.9 Å². The second-order valence-electron chi connectivity index (χ2n) is 0.447. The van der Waals surface area contributed by atoms with Gasteiger partial charge in [-0.05, 0) is 0 Å². The number of hydrogen-bond donors (Lipinski definition) is 0. The van der Waals surface area contributed by atoms with Gasteiger partial charge in [-0.1, -0.05) is 0 Å². The van der Waals surface area contributed by atoms with Crippen molar-refractivity contribution in [1.82, 2.24) is 0 Å². The number of rotatable bonds is 0. The quantitative estimate of drug-likeness (QED) is 0.427. The molecule has 8 heteroatoms. The van der Waals surface area contributed by atoms with Crippen molar-refractivity contribution in [2.75, 3.05) is 0 Å². The molecule has 0 nitrogen and oxygen atoms in total. The molecule has 0 aliphatic rings. The van der Waals surface area contributed by atoms with E-state index in [1.807, 2.05) is 0 Å². The van der Waals surface area contributed by atoms with Gasteiger partial charge in [0.05, 0.1) is 0 Å². The molecule has 0 amide bonds. The molecule has 0 aliphatic carbocycles. The molecule has 0 radical (unpaired) electrons. The van der Waals surface area contributed by atoms with Crippen molar-refractivity contribution in [2.24, 2.45) is 0 Å². The molecular formula is AsCu3S4. The smallest absolute Gasteiger partial charge is 1.00 e. The van der Waals surface area contributed by atoms with Crippen LogP contribution in [-0.4, -0.2) is 8.41 Å². The average molecular weight is 394 g/mol. The van der Waals surface area contributed by atoms with Crippen molar-refractivity contribution in [2.45, 2.75) is 0 Å². The molecule has 8 heavy (non-hydrogen) atoms. The van der Waals surface area contributed by atoms with Gasteiger partial charge in [0.15, 0.2) is 0 Å². The van der Waals surface area contributed by atoms with Crippen LogP contribution in [0, 0.1) is 0 Å². The fraction of sp³-hybridized carbons (Fsp3) is 0. The molecule has 0 aromatic heterocycles. The summed E-state index contributed by atoms with van der Waals surface area (Å²) in [5.74, 6) is 0. The summed E-state index contributed by atoms with van der Waals surface area (Å²) in [6, 6.07) is 0. The van der Waals surface area contributed by atoms with E-state index in [0.717, 1.165) is 0 Å². The molecule has 0 bridgehead atoms. The van der Waals surface area contributed by atoms with Crippen molar-refractivity contribution in [3.63, 3.8) is 0 Å². The first-order chi connectivity index (χ1) is 2.00. The molecule has 0 saturated heterocycles. The maximum Gasteiger partial charge on any atom is 1.00 e. The Kier molecular flexibility index (Phi) is 29.2. The minimum Gasteiger partial charge on any atom is 1.00 e. The first-order valence-corrected chi connectivity index (χ1v) is 11.4. The Hall–Kier alpha value is 3.39. The Bertz CT molecular complexity index is 57.4. The van der Waals surface area contributed by atoms with E-state index in [9.17, 15) is 0 Å². The second kappa shape index (κ2) is 10.4. The summed E-state index contributed by atoms with van der Waals surface area (Å²) in [5, 5.41) is 0. The number of hydrogen-bond acceptors (Lipinski definition) is 4. The van der Waals surface area contributed by atoms with Crippen molar-refractivity contribution in [3.05, 3.63) is 0 Å². The zero-order valence-corrected chi connectivity index (χ0v) is 11.0. The summed E-state index contributed by atoms with van der Waals surface area (Å²) in [7, 11) is 15.2. The topological polar surface area (TPSA) is 0 Å². The molecule has 0 saturated carbocycles. The first-order valence-electron chi connectivity index (χ1n) is 0.730. The van der Waals surface area contributed by atoms with Crippen molar-refractivity contribution in [1.29, 1.82) is 0 Å². The summed E-state index contributed by atoms with van der Waals surface area (Å²) >= 11 is 0. The maximum atomic E-state index is 4.44. The van der Waals surface area contributed by atoms with Crippen LogP contribution in [0.15, 0.2) is 0 Å². The molecule has 0 aliphatic heterocycles. The van der Waals surface area contributed by atoms with Gasteiger partial charge < -0.3 is 0 Å². The summed E-state index contributed by atoms with van der Waals surface area (Å²) in [6.07, 6.45) is 0. The van der Waals surface area contributed by atoms with Crippen LogP contribution in [0.4, 0.5) is 0 Å². The zero-order valence-electron chi connectivity index (χ0n) is 2.98. The van der Waals surface area contributed by atoms with E-state index in [-0.39, 0.29) is 51.2 Å². The van der Waals surface area contributed by atoms with Crippen LogP contribution in [0.25, 0.3) is 0 Å². The van der Waals surface area contributed by atoms with Crippen molar-refractivity contribution in [3.8, 4) is 0 Å². The van der Waals surface area contributed by atoms with E-state index in [1.165, 1.54) is 0 Å². The Morgan fingerprint density at radius 2 is 0.875 bits per heavy atom. The van der Waals surface area contributed by atoms with Gasteiger partial charge in [0, 0.05) is 0 Å². The normalized spacial score (nSPS) is 7.38. The van der Waals surface area contributed by atoms with Gasteiger partial charge in [-0.3, -0.25) is 0 Å². The van der Waals surface area contributed by atoms with E-state index >= 15 is 0 Å². The van der Waals surface area contributed by atoms with Gasteiger partial charge in [0.1, 0.15) is 0 Å². The van der Waals surface area contributed by atoms with Crippen LogP contribution >= 0.6 is 10.4 Å². The van der Waals surface area contributed by atoms with Gasteiger partial charge in [0.25, 0.3) is 0 Å². The Labute approximate surface area is 101 Å². The summed E-state index contributed by atoms with van der Waals surface area (Å²) in [6.45, 7) is 0. The fourth-order valence-corrected chi connectivity index (χ4v) is 0. The van der Waals surface area contributed by atoms with Crippen LogP contribution < -0.4 is 0 Å². The molecule has 0 unspecified atom stereocenters. The van der Waals surface area contributed by atoms with Crippen LogP contribution in [0.5, 0.6) is 0 Å². The SMILES string of the molecule is S=[As]([S-])([S-])[S-].[Cu+].[Cu+].[Cu+]. The molecule has 0 aromatic carbocycles. The third-order valence-electron chi connectivity index (χ3n) is 0. The van der Waals surface area contributed by atoms with E-state index in [0.29, 0.717) is 0 Å². The molecule has 0 rings (SSSR count). The van der Waals surface area contributed by atoms with E-state index in [1.54, 1.807) is 0 Å². The molecule has 0 fully saturated rings. The van der Waals surface area contributed by atoms with Crippen LogP contribution in [0.2, 0.25) is 0 Å².